The normalized spacial score (nSPS) is 15.4. The van der Waals surface area contributed by atoms with Gasteiger partial charge in [0.15, 0.2) is 0 Å². The van der Waals surface area contributed by atoms with Crippen molar-refractivity contribution in [3.8, 4) is 11.8 Å². The van der Waals surface area contributed by atoms with Gasteiger partial charge in [-0.15, -0.1) is 0 Å². The van der Waals surface area contributed by atoms with E-state index in [1.54, 1.807) is 12.1 Å². The summed E-state index contributed by atoms with van der Waals surface area (Å²) in [5, 5.41) is 0.670. The molecule has 28 heavy (non-hydrogen) atoms. The average molecular weight is 394 g/mol. The molecule has 5 heteroatoms. The van der Waals surface area contributed by atoms with Crippen LogP contribution in [0.5, 0.6) is 0 Å². The topological polar surface area (TPSA) is 21.6 Å². The van der Waals surface area contributed by atoms with Crippen LogP contribution in [0.3, 0.4) is 0 Å². The second-order valence-corrected chi connectivity index (χ2v) is 6.67. The summed E-state index contributed by atoms with van der Waals surface area (Å²) >= 11 is 5.86. The molecule has 1 unspecified atom stereocenters. The molecule has 1 heterocycles. The standard InChI is InChI=1S/C23H14ClF2NO/c24-18-12-8-16(9-13-18)5-4-15-6-10-17(11-7-15)21-14-28-23(27-21)22-19(25)2-1-3-20(22)26/h1-3,6-13,21H,14H2. The summed E-state index contributed by atoms with van der Waals surface area (Å²) in [6.45, 7) is 0.235. The van der Waals surface area contributed by atoms with Gasteiger partial charge in [-0.1, -0.05) is 41.6 Å². The molecular formula is C23H14ClF2NO. The maximum absolute atomic E-state index is 13.9. The smallest absolute Gasteiger partial charge is 0.222 e. The predicted molar refractivity (Wildman–Crippen MR) is 105 cm³/mol. The van der Waals surface area contributed by atoms with E-state index in [1.165, 1.54) is 18.2 Å². The molecule has 0 amide bonds. The first-order valence-electron chi connectivity index (χ1n) is 8.63. The third kappa shape index (κ3) is 3.90. The lowest BCUT2D eigenvalue weighted by molar-refractivity contribution is 0.317. The Morgan fingerprint density at radius 2 is 1.43 bits per heavy atom. The van der Waals surface area contributed by atoms with Crippen LogP contribution in [0.25, 0.3) is 0 Å². The molecule has 0 aromatic heterocycles. The first-order valence-corrected chi connectivity index (χ1v) is 9.00. The summed E-state index contributed by atoms with van der Waals surface area (Å²) in [5.74, 6) is 4.78. The Morgan fingerprint density at radius 3 is 2.04 bits per heavy atom. The third-order valence-corrected chi connectivity index (χ3v) is 4.57. The SMILES string of the molecule is Fc1cccc(F)c1C1=NC(c2ccc(C#Cc3ccc(Cl)cc3)cc2)CO1. The minimum Gasteiger partial charge on any atom is -0.475 e. The Hall–Kier alpha value is -3.16. The monoisotopic (exact) mass is 393 g/mol. The summed E-state index contributed by atoms with van der Waals surface area (Å²) in [7, 11) is 0. The second-order valence-electron chi connectivity index (χ2n) is 6.24. The van der Waals surface area contributed by atoms with Gasteiger partial charge < -0.3 is 4.74 Å². The lowest BCUT2D eigenvalue weighted by Gasteiger charge is -2.04. The molecule has 138 valence electrons. The van der Waals surface area contributed by atoms with Crippen molar-refractivity contribution >= 4 is 17.5 Å². The molecule has 0 saturated carbocycles. The van der Waals surface area contributed by atoms with Crippen molar-refractivity contribution in [1.29, 1.82) is 0 Å². The van der Waals surface area contributed by atoms with E-state index in [2.05, 4.69) is 16.8 Å². The highest BCUT2D eigenvalue weighted by Gasteiger charge is 2.25. The molecule has 0 aliphatic carbocycles. The van der Waals surface area contributed by atoms with E-state index in [4.69, 9.17) is 16.3 Å². The Labute approximate surface area is 166 Å². The Balaban J connectivity index is 1.52. The summed E-state index contributed by atoms with van der Waals surface area (Å²) < 4.78 is 33.3. The van der Waals surface area contributed by atoms with Gasteiger partial charge in [0, 0.05) is 16.1 Å². The molecule has 0 radical (unpaired) electrons. The van der Waals surface area contributed by atoms with E-state index in [-0.39, 0.29) is 24.1 Å². The van der Waals surface area contributed by atoms with E-state index in [0.29, 0.717) is 5.02 Å². The number of aliphatic imine (C=N–C) groups is 1. The van der Waals surface area contributed by atoms with E-state index in [1.807, 2.05) is 36.4 Å². The zero-order chi connectivity index (χ0) is 19.5. The van der Waals surface area contributed by atoms with Crippen molar-refractivity contribution < 1.29 is 13.5 Å². The first kappa shape index (κ1) is 18.2. The van der Waals surface area contributed by atoms with Crippen LogP contribution >= 0.6 is 11.6 Å². The highest BCUT2D eigenvalue weighted by molar-refractivity contribution is 6.30. The molecule has 1 aliphatic heterocycles. The molecule has 0 bridgehead atoms. The van der Waals surface area contributed by atoms with E-state index >= 15 is 0 Å². The second kappa shape index (κ2) is 7.84. The van der Waals surface area contributed by atoms with Gasteiger partial charge in [0.25, 0.3) is 0 Å². The Bertz CT molecular complexity index is 1080. The van der Waals surface area contributed by atoms with Crippen LogP contribution in [0.4, 0.5) is 8.78 Å². The van der Waals surface area contributed by atoms with Crippen molar-refractivity contribution in [1.82, 2.24) is 0 Å². The Morgan fingerprint density at radius 1 is 0.857 bits per heavy atom. The van der Waals surface area contributed by atoms with Gasteiger partial charge in [0.2, 0.25) is 5.90 Å². The molecule has 2 nitrogen and oxygen atoms in total. The molecule has 0 saturated heterocycles. The Kier molecular flexibility index (Phi) is 5.10. The van der Waals surface area contributed by atoms with Crippen molar-refractivity contribution in [2.24, 2.45) is 4.99 Å². The summed E-state index contributed by atoms with van der Waals surface area (Å²) in [6, 6.07) is 18.2. The lowest BCUT2D eigenvalue weighted by Crippen LogP contribution is -2.07. The molecule has 1 atom stereocenters. The quantitative estimate of drug-likeness (QED) is 0.524. The van der Waals surface area contributed by atoms with Crippen LogP contribution < -0.4 is 0 Å². The molecule has 4 rings (SSSR count). The fourth-order valence-corrected chi connectivity index (χ4v) is 2.98. The van der Waals surface area contributed by atoms with Gasteiger partial charge in [-0.25, -0.2) is 13.8 Å². The molecular weight excluding hydrogens is 380 g/mol. The fourth-order valence-electron chi connectivity index (χ4n) is 2.85. The summed E-state index contributed by atoms with van der Waals surface area (Å²) in [4.78, 5) is 4.35. The molecule has 0 spiro atoms. The van der Waals surface area contributed by atoms with Gasteiger partial charge in [-0.05, 0) is 54.1 Å². The predicted octanol–water partition coefficient (Wildman–Crippen LogP) is 5.54. The van der Waals surface area contributed by atoms with Crippen molar-refractivity contribution in [2.75, 3.05) is 6.61 Å². The van der Waals surface area contributed by atoms with Gasteiger partial charge in [0.05, 0.1) is 0 Å². The van der Waals surface area contributed by atoms with Crippen molar-refractivity contribution in [3.63, 3.8) is 0 Å². The fraction of sp³-hybridized carbons (Fsp3) is 0.0870. The number of hydrogen-bond donors (Lipinski definition) is 0. The number of benzene rings is 3. The van der Waals surface area contributed by atoms with Crippen molar-refractivity contribution in [3.05, 3.63) is 106 Å². The third-order valence-electron chi connectivity index (χ3n) is 4.32. The molecule has 1 aliphatic rings. The first-order chi connectivity index (χ1) is 13.6. The maximum Gasteiger partial charge on any atom is 0.222 e. The number of rotatable bonds is 2. The lowest BCUT2D eigenvalue weighted by atomic mass is 10.1. The number of nitrogens with zero attached hydrogens (tertiary/aromatic N) is 1. The van der Waals surface area contributed by atoms with Gasteiger partial charge in [0.1, 0.15) is 29.8 Å². The van der Waals surface area contributed by atoms with Crippen LogP contribution in [0.2, 0.25) is 5.02 Å². The molecule has 3 aromatic rings. The molecule has 0 N–H and O–H groups in total. The van der Waals surface area contributed by atoms with Crippen molar-refractivity contribution in [2.45, 2.75) is 6.04 Å². The minimum atomic E-state index is -0.688. The largest absolute Gasteiger partial charge is 0.475 e. The van der Waals surface area contributed by atoms with Gasteiger partial charge in [-0.3, -0.25) is 0 Å². The van der Waals surface area contributed by atoms with Crippen LogP contribution in [-0.4, -0.2) is 12.5 Å². The maximum atomic E-state index is 13.9. The summed E-state index contributed by atoms with van der Waals surface area (Å²) in [6.07, 6.45) is 0. The number of halogens is 3. The van der Waals surface area contributed by atoms with Crippen LogP contribution in [-0.2, 0) is 4.74 Å². The van der Waals surface area contributed by atoms with Gasteiger partial charge >= 0.3 is 0 Å². The number of hydrogen-bond acceptors (Lipinski definition) is 2. The summed E-state index contributed by atoms with van der Waals surface area (Å²) in [5.41, 5.74) is 2.39. The zero-order valence-corrected chi connectivity index (χ0v) is 15.4. The van der Waals surface area contributed by atoms with E-state index in [9.17, 15) is 8.78 Å². The van der Waals surface area contributed by atoms with Crippen LogP contribution in [0.1, 0.15) is 28.3 Å². The van der Waals surface area contributed by atoms with Crippen LogP contribution in [0.15, 0.2) is 71.7 Å². The number of ether oxygens (including phenoxy) is 1. The van der Waals surface area contributed by atoms with Gasteiger partial charge in [-0.2, -0.15) is 0 Å². The molecule has 3 aromatic carbocycles. The van der Waals surface area contributed by atoms with Crippen LogP contribution in [0, 0.1) is 23.5 Å². The minimum absolute atomic E-state index is 0.00722. The highest BCUT2D eigenvalue weighted by Crippen LogP contribution is 2.27. The highest BCUT2D eigenvalue weighted by atomic mass is 35.5. The van der Waals surface area contributed by atoms with E-state index < -0.39 is 11.6 Å². The van der Waals surface area contributed by atoms with E-state index in [0.717, 1.165) is 16.7 Å². The molecule has 0 fully saturated rings. The average Bonchev–Trinajstić information content (AvgIpc) is 3.17. The zero-order valence-electron chi connectivity index (χ0n) is 14.6.